The van der Waals surface area contributed by atoms with Crippen molar-refractivity contribution in [3.8, 4) is 0 Å². The van der Waals surface area contributed by atoms with Gasteiger partial charge >= 0.3 is 6.18 Å². The molecule has 4 rings (SSSR count). The van der Waals surface area contributed by atoms with Crippen LogP contribution in [0.15, 0.2) is 30.6 Å². The molecule has 136 valence electrons. The van der Waals surface area contributed by atoms with Gasteiger partial charge in [0.1, 0.15) is 0 Å². The van der Waals surface area contributed by atoms with E-state index in [9.17, 15) is 13.2 Å². The summed E-state index contributed by atoms with van der Waals surface area (Å²) in [6.45, 7) is -0.793. The van der Waals surface area contributed by atoms with Gasteiger partial charge in [-0.2, -0.15) is 13.2 Å². The number of hydrogen-bond acceptors (Lipinski definition) is 2. The number of fused-ring (bicyclic) bond motifs is 2. The molecule has 2 unspecified atom stereocenters. The molecule has 2 aliphatic heterocycles. The summed E-state index contributed by atoms with van der Waals surface area (Å²) in [5.41, 5.74) is 0.800. The Kier molecular flexibility index (Phi) is 4.35. The van der Waals surface area contributed by atoms with Crippen LogP contribution >= 0.6 is 11.6 Å². The molecule has 0 spiro atoms. The zero-order chi connectivity index (χ0) is 17.7. The summed E-state index contributed by atoms with van der Waals surface area (Å²) in [6, 6.07) is 1.89. The summed E-state index contributed by atoms with van der Waals surface area (Å²) in [4.78, 5) is 5.92. The average molecular weight is 371 g/mol. The first-order chi connectivity index (χ1) is 11.8. The molecule has 2 nitrogen and oxygen atoms in total. The van der Waals surface area contributed by atoms with E-state index in [2.05, 4.69) is 17.1 Å². The Labute approximate surface area is 151 Å². The highest BCUT2D eigenvalue weighted by Crippen LogP contribution is 2.49. The van der Waals surface area contributed by atoms with Gasteiger partial charge in [0.25, 0.3) is 0 Å². The lowest BCUT2D eigenvalue weighted by molar-refractivity contribution is -0.156. The maximum Gasteiger partial charge on any atom is 0.401 e. The van der Waals surface area contributed by atoms with Gasteiger partial charge in [0, 0.05) is 29.9 Å². The van der Waals surface area contributed by atoms with Gasteiger partial charge in [-0.1, -0.05) is 23.8 Å². The first-order valence-corrected chi connectivity index (χ1v) is 9.35. The van der Waals surface area contributed by atoms with E-state index in [0.29, 0.717) is 23.8 Å². The molecule has 1 aliphatic carbocycles. The van der Waals surface area contributed by atoms with Crippen LogP contribution in [0, 0.1) is 5.92 Å². The molecule has 0 radical (unpaired) electrons. The van der Waals surface area contributed by atoms with E-state index >= 15 is 0 Å². The zero-order valence-corrected chi connectivity index (χ0v) is 14.7. The number of pyridine rings is 1. The van der Waals surface area contributed by atoms with Crippen LogP contribution < -0.4 is 0 Å². The Morgan fingerprint density at radius 1 is 1.16 bits per heavy atom. The highest BCUT2D eigenvalue weighted by Gasteiger charge is 2.50. The normalized spacial score (nSPS) is 33.3. The average Bonchev–Trinajstić information content (AvgIpc) is 3.33. The fourth-order valence-corrected chi connectivity index (χ4v) is 4.78. The van der Waals surface area contributed by atoms with Crippen molar-refractivity contribution in [1.29, 1.82) is 0 Å². The molecule has 2 atom stereocenters. The highest BCUT2D eigenvalue weighted by molar-refractivity contribution is 6.30. The fourth-order valence-electron chi connectivity index (χ4n) is 4.60. The molecule has 0 aromatic carbocycles. The summed E-state index contributed by atoms with van der Waals surface area (Å²) in [5, 5.41) is 0.585. The molecule has 1 saturated carbocycles. The third kappa shape index (κ3) is 3.72. The van der Waals surface area contributed by atoms with Gasteiger partial charge in [-0.25, -0.2) is 0 Å². The first kappa shape index (κ1) is 17.3. The minimum Gasteiger partial charge on any atom is -0.289 e. The smallest absolute Gasteiger partial charge is 0.289 e. The predicted octanol–water partition coefficient (Wildman–Crippen LogP) is 5.13. The van der Waals surface area contributed by atoms with Gasteiger partial charge in [-0.05, 0) is 56.1 Å². The second-order valence-electron chi connectivity index (χ2n) is 7.83. The van der Waals surface area contributed by atoms with Gasteiger partial charge in [0.15, 0.2) is 0 Å². The Morgan fingerprint density at radius 2 is 1.84 bits per heavy atom. The van der Waals surface area contributed by atoms with Crippen LogP contribution in [0.25, 0.3) is 0 Å². The summed E-state index contributed by atoms with van der Waals surface area (Å²) in [5.74, 6) is 0.634. The Morgan fingerprint density at radius 3 is 2.40 bits per heavy atom. The Hall–Kier alpha value is -1.07. The van der Waals surface area contributed by atoms with E-state index in [0.717, 1.165) is 18.4 Å². The number of nitrogens with zero attached hydrogens (tertiary/aromatic N) is 2. The Bertz CT molecular complexity index is 655. The van der Waals surface area contributed by atoms with E-state index in [-0.39, 0.29) is 17.5 Å². The van der Waals surface area contributed by atoms with Crippen molar-refractivity contribution in [2.45, 2.75) is 62.2 Å². The summed E-state index contributed by atoms with van der Waals surface area (Å²) in [6.07, 6.45) is 9.37. The van der Waals surface area contributed by atoms with Gasteiger partial charge in [0.2, 0.25) is 0 Å². The first-order valence-electron chi connectivity index (χ1n) is 8.98. The van der Waals surface area contributed by atoms with Crippen molar-refractivity contribution < 1.29 is 13.2 Å². The largest absolute Gasteiger partial charge is 0.401 e. The van der Waals surface area contributed by atoms with Gasteiger partial charge in [0.05, 0.1) is 11.6 Å². The number of aromatic nitrogens is 1. The maximum atomic E-state index is 13.0. The number of alkyl halides is 3. The molecular weight excluding hydrogens is 349 g/mol. The number of piperidine rings is 1. The quantitative estimate of drug-likeness (QED) is 0.683. The van der Waals surface area contributed by atoms with Gasteiger partial charge in [-0.15, -0.1) is 0 Å². The van der Waals surface area contributed by atoms with Crippen molar-refractivity contribution in [2.75, 3.05) is 6.54 Å². The molecular formula is C19H22ClF3N2. The van der Waals surface area contributed by atoms with Crippen LogP contribution in [0.1, 0.15) is 44.1 Å². The van der Waals surface area contributed by atoms with E-state index in [1.165, 1.54) is 12.8 Å². The molecule has 1 aromatic heterocycles. The third-order valence-electron chi connectivity index (χ3n) is 5.92. The predicted molar refractivity (Wildman–Crippen MR) is 91.6 cm³/mol. The molecule has 2 bridgehead atoms. The minimum atomic E-state index is -4.14. The van der Waals surface area contributed by atoms with E-state index in [1.54, 1.807) is 11.1 Å². The molecule has 2 saturated heterocycles. The second-order valence-corrected chi connectivity index (χ2v) is 8.26. The summed E-state index contributed by atoms with van der Waals surface area (Å²) < 4.78 is 38.9. The van der Waals surface area contributed by atoms with Crippen LogP contribution in [0.3, 0.4) is 0 Å². The van der Waals surface area contributed by atoms with Crippen molar-refractivity contribution in [1.82, 2.24) is 9.88 Å². The molecule has 3 heterocycles. The molecule has 0 amide bonds. The number of hydrogen-bond donors (Lipinski definition) is 0. The zero-order valence-electron chi connectivity index (χ0n) is 14.0. The van der Waals surface area contributed by atoms with Crippen molar-refractivity contribution in [3.05, 3.63) is 41.2 Å². The molecule has 1 aromatic rings. The minimum absolute atomic E-state index is 0.0248. The summed E-state index contributed by atoms with van der Waals surface area (Å²) in [7, 11) is 0. The van der Waals surface area contributed by atoms with Crippen LogP contribution in [0.4, 0.5) is 13.2 Å². The van der Waals surface area contributed by atoms with Gasteiger partial charge < -0.3 is 0 Å². The van der Waals surface area contributed by atoms with Crippen molar-refractivity contribution >= 4 is 11.6 Å². The van der Waals surface area contributed by atoms with E-state index < -0.39 is 12.7 Å². The SMILES string of the molecule is FC(F)(F)CN1C2CCC1CC(/C=C/C1CC1)(c1cncc(Cl)c1)C2. The molecule has 3 fully saturated rings. The van der Waals surface area contributed by atoms with Crippen LogP contribution in [-0.2, 0) is 5.41 Å². The fraction of sp³-hybridized carbons (Fsp3) is 0.632. The molecule has 3 aliphatic rings. The summed E-state index contributed by atoms with van der Waals surface area (Å²) >= 11 is 6.16. The second kappa shape index (κ2) is 6.27. The number of halogens is 4. The molecule has 0 N–H and O–H groups in total. The lowest BCUT2D eigenvalue weighted by Gasteiger charge is -2.46. The van der Waals surface area contributed by atoms with Crippen LogP contribution in [0.5, 0.6) is 0 Å². The van der Waals surface area contributed by atoms with Crippen LogP contribution in [0.2, 0.25) is 5.02 Å². The standard InChI is InChI=1S/C19H22ClF3N2/c20-15-7-14(10-24-11-15)18(6-5-13-1-2-13)8-16-3-4-17(9-18)25(16)12-19(21,22)23/h5-7,10-11,13,16-17H,1-4,8-9,12H2/b6-5+. The van der Waals surface area contributed by atoms with Crippen molar-refractivity contribution in [2.24, 2.45) is 5.92 Å². The van der Waals surface area contributed by atoms with Gasteiger partial charge in [-0.3, -0.25) is 9.88 Å². The molecule has 25 heavy (non-hydrogen) atoms. The lowest BCUT2D eigenvalue weighted by Crippen LogP contribution is -2.51. The van der Waals surface area contributed by atoms with E-state index in [1.807, 2.05) is 12.3 Å². The lowest BCUT2D eigenvalue weighted by atomic mass is 9.70. The monoisotopic (exact) mass is 370 g/mol. The Balaban J connectivity index is 1.65. The number of rotatable bonds is 4. The molecule has 6 heteroatoms. The van der Waals surface area contributed by atoms with Crippen molar-refractivity contribution in [3.63, 3.8) is 0 Å². The topological polar surface area (TPSA) is 16.1 Å². The van der Waals surface area contributed by atoms with E-state index in [4.69, 9.17) is 11.6 Å². The number of allylic oxidation sites excluding steroid dienone is 2. The van der Waals surface area contributed by atoms with Crippen LogP contribution in [-0.4, -0.2) is 34.7 Å². The highest BCUT2D eigenvalue weighted by atomic mass is 35.5. The third-order valence-corrected chi connectivity index (χ3v) is 6.13. The maximum absolute atomic E-state index is 13.0.